The van der Waals surface area contributed by atoms with Gasteiger partial charge in [0.15, 0.2) is 12.2 Å². The lowest BCUT2D eigenvalue weighted by molar-refractivity contribution is -0.161. The van der Waals surface area contributed by atoms with Gasteiger partial charge in [-0.1, -0.05) is 370 Å². The molecule has 0 heterocycles. The van der Waals surface area contributed by atoms with Crippen LogP contribution in [0.15, 0.2) is 0 Å². The first-order chi connectivity index (χ1) is 48.6. The van der Waals surface area contributed by atoms with Crippen LogP contribution in [0.5, 0.6) is 0 Å². The van der Waals surface area contributed by atoms with Crippen molar-refractivity contribution in [1.29, 1.82) is 0 Å². The number of aliphatic hydroxyl groups excluding tert-OH is 1. The minimum absolute atomic E-state index is 0.107. The third-order valence-electron chi connectivity index (χ3n) is 19.4. The van der Waals surface area contributed by atoms with E-state index >= 15 is 0 Å². The number of ether oxygens (including phenoxy) is 4. The minimum Gasteiger partial charge on any atom is -0.462 e. The molecule has 0 radical (unpaired) electrons. The number of hydrogen-bond acceptors (Lipinski definition) is 15. The molecule has 0 bridgehead atoms. The first-order valence-corrected chi connectivity index (χ1v) is 45.2. The van der Waals surface area contributed by atoms with Crippen LogP contribution in [-0.2, 0) is 65.4 Å². The normalized spacial score (nSPS) is 14.3. The summed E-state index contributed by atoms with van der Waals surface area (Å²) in [6.45, 7) is 14.3. The molecule has 0 rings (SSSR count). The Hall–Kier alpha value is -1.94. The summed E-state index contributed by atoms with van der Waals surface area (Å²) in [4.78, 5) is 73.1. The van der Waals surface area contributed by atoms with Gasteiger partial charge in [0.25, 0.3) is 0 Å². The molecule has 0 saturated carbocycles. The predicted molar refractivity (Wildman–Crippen MR) is 414 cm³/mol. The molecule has 0 fully saturated rings. The Morgan fingerprint density at radius 3 is 0.703 bits per heavy atom. The number of carbonyl (C=O) groups excluding carboxylic acids is 4. The van der Waals surface area contributed by atoms with Crippen molar-refractivity contribution in [2.75, 3.05) is 39.6 Å². The quantitative estimate of drug-likeness (QED) is 0.0222. The molecule has 0 aliphatic rings. The van der Waals surface area contributed by atoms with Crippen LogP contribution in [0, 0.1) is 23.7 Å². The number of hydrogen-bond donors (Lipinski definition) is 3. The molecule has 19 heteroatoms. The van der Waals surface area contributed by atoms with Gasteiger partial charge in [-0.2, -0.15) is 0 Å². The summed E-state index contributed by atoms with van der Waals surface area (Å²) < 4.78 is 68.8. The zero-order valence-corrected chi connectivity index (χ0v) is 68.3. The molecule has 0 aliphatic heterocycles. The monoisotopic (exact) mass is 1480 g/mol. The number of phosphoric ester groups is 2. The van der Waals surface area contributed by atoms with E-state index in [1.165, 1.54) is 218 Å². The lowest BCUT2D eigenvalue weighted by Crippen LogP contribution is -2.30. The molecule has 3 N–H and O–H groups in total. The molecule has 0 spiro atoms. The third-order valence-corrected chi connectivity index (χ3v) is 21.3. The Morgan fingerprint density at radius 2 is 0.475 bits per heavy atom. The molecule has 0 aliphatic carbocycles. The average Bonchev–Trinajstić information content (AvgIpc) is 1.00. The molecule has 0 aromatic carbocycles. The fraction of sp³-hybridized carbons (Fsp3) is 0.951. The summed E-state index contributed by atoms with van der Waals surface area (Å²) in [5.41, 5.74) is 0. The van der Waals surface area contributed by atoms with Crippen molar-refractivity contribution >= 4 is 39.5 Å². The highest BCUT2D eigenvalue weighted by Gasteiger charge is 2.30. The van der Waals surface area contributed by atoms with Crippen molar-refractivity contribution < 1.29 is 80.2 Å². The molecule has 101 heavy (non-hydrogen) atoms. The van der Waals surface area contributed by atoms with Crippen LogP contribution in [0.4, 0.5) is 0 Å². The molecule has 0 aromatic heterocycles. The van der Waals surface area contributed by atoms with E-state index in [4.69, 9.17) is 37.0 Å². The smallest absolute Gasteiger partial charge is 0.462 e. The van der Waals surface area contributed by atoms with Crippen molar-refractivity contribution in [2.24, 2.45) is 23.7 Å². The molecule has 6 atom stereocenters. The van der Waals surface area contributed by atoms with E-state index in [1.54, 1.807) is 0 Å². The molecule has 0 saturated heterocycles. The van der Waals surface area contributed by atoms with Gasteiger partial charge in [-0.25, -0.2) is 9.13 Å². The highest BCUT2D eigenvalue weighted by atomic mass is 31.2. The van der Waals surface area contributed by atoms with Crippen molar-refractivity contribution in [2.45, 2.75) is 440 Å². The number of esters is 4. The van der Waals surface area contributed by atoms with Gasteiger partial charge in [-0.05, 0) is 49.4 Å². The summed E-state index contributed by atoms with van der Waals surface area (Å²) in [7, 11) is -9.92. The van der Waals surface area contributed by atoms with Gasteiger partial charge in [0, 0.05) is 25.7 Å². The Balaban J connectivity index is 5.23. The lowest BCUT2D eigenvalue weighted by Gasteiger charge is -2.21. The molecular formula is C82H160O17P2. The fourth-order valence-electron chi connectivity index (χ4n) is 12.6. The van der Waals surface area contributed by atoms with E-state index in [2.05, 4.69) is 55.4 Å². The topological polar surface area (TPSA) is 237 Å². The Morgan fingerprint density at radius 1 is 0.277 bits per heavy atom. The van der Waals surface area contributed by atoms with Crippen LogP contribution in [0.25, 0.3) is 0 Å². The van der Waals surface area contributed by atoms with Crippen LogP contribution in [0.3, 0.4) is 0 Å². The maximum Gasteiger partial charge on any atom is 0.472 e. The van der Waals surface area contributed by atoms with Gasteiger partial charge in [-0.3, -0.25) is 37.3 Å². The Labute approximate surface area is 619 Å². The fourth-order valence-corrected chi connectivity index (χ4v) is 14.2. The molecule has 600 valence electrons. The van der Waals surface area contributed by atoms with Crippen LogP contribution in [0.2, 0.25) is 0 Å². The first kappa shape index (κ1) is 99.1. The third kappa shape index (κ3) is 74.7. The zero-order chi connectivity index (χ0) is 74.6. The van der Waals surface area contributed by atoms with Crippen LogP contribution < -0.4 is 0 Å². The number of carbonyl (C=O) groups is 4. The molecule has 17 nitrogen and oxygen atoms in total. The zero-order valence-electron chi connectivity index (χ0n) is 66.5. The number of aliphatic hydroxyl groups is 1. The SMILES string of the molecule is CCC(C)CCCCCCCCC(=O)OC[C@H](COP(=O)(O)OC[C@H](O)COP(=O)(O)OC[C@@H](COC(=O)CCCCCCCCCCCCCCCCCC(C)C)OC(=O)CCCCCCCCCCCCCCC(C)C)OC(=O)CCCCCCCCCCCCCCCCCC(C)C. The van der Waals surface area contributed by atoms with Crippen LogP contribution in [-0.4, -0.2) is 96.7 Å². The highest BCUT2D eigenvalue weighted by molar-refractivity contribution is 7.47. The van der Waals surface area contributed by atoms with E-state index in [0.29, 0.717) is 25.7 Å². The number of phosphoric acid groups is 2. The van der Waals surface area contributed by atoms with Gasteiger partial charge in [0.05, 0.1) is 26.4 Å². The summed E-state index contributed by atoms with van der Waals surface area (Å²) in [5.74, 6) is 1.00. The van der Waals surface area contributed by atoms with E-state index in [1.807, 2.05) is 0 Å². The van der Waals surface area contributed by atoms with Crippen LogP contribution in [0.1, 0.15) is 421 Å². The van der Waals surface area contributed by atoms with E-state index in [9.17, 15) is 43.2 Å². The standard InChI is InChI=1S/C82H160O17P2/c1-9-75(8)61-53-45-40-41-47-55-63-80(85)93-69-78(99-82(87)64-56-48-38-32-26-19-15-11-13-17-23-29-35-43-51-59-73(4)5)71-97-101(90,91)95-67-76(83)66-94-100(88,89)96-70-77(98-81(86)65-57-49-39-33-27-21-20-24-30-36-44-52-60-74(6)7)68-92-79(84)62-54-46-37-31-25-18-14-10-12-16-22-28-34-42-50-58-72(2)3/h72-78,83H,9-71H2,1-8H3,(H,88,89)(H,90,91)/t75?,76-,77-,78-/m1/s1. The van der Waals surface area contributed by atoms with Crippen molar-refractivity contribution in [1.82, 2.24) is 0 Å². The Kier molecular flexibility index (Phi) is 69.6. The molecule has 0 aromatic rings. The predicted octanol–water partition coefficient (Wildman–Crippen LogP) is 24.4. The summed E-state index contributed by atoms with van der Waals surface area (Å²) in [5, 5.41) is 10.6. The summed E-state index contributed by atoms with van der Waals surface area (Å²) in [6.07, 6.45) is 58.3. The second kappa shape index (κ2) is 71.0. The largest absolute Gasteiger partial charge is 0.472 e. The summed E-state index contributed by atoms with van der Waals surface area (Å²) >= 11 is 0. The van der Waals surface area contributed by atoms with Gasteiger partial charge in [0.1, 0.15) is 19.3 Å². The van der Waals surface area contributed by atoms with Gasteiger partial charge in [0.2, 0.25) is 0 Å². The molecule has 3 unspecified atom stereocenters. The van der Waals surface area contributed by atoms with Crippen molar-refractivity contribution in [3.05, 3.63) is 0 Å². The van der Waals surface area contributed by atoms with Gasteiger partial charge >= 0.3 is 39.5 Å². The van der Waals surface area contributed by atoms with Crippen molar-refractivity contribution in [3.63, 3.8) is 0 Å². The highest BCUT2D eigenvalue weighted by Crippen LogP contribution is 2.45. The number of rotatable bonds is 79. The minimum atomic E-state index is -4.96. The van der Waals surface area contributed by atoms with Gasteiger partial charge < -0.3 is 33.8 Å². The van der Waals surface area contributed by atoms with Gasteiger partial charge in [-0.15, -0.1) is 0 Å². The second-order valence-corrected chi connectivity index (χ2v) is 34.1. The summed E-state index contributed by atoms with van der Waals surface area (Å²) in [6, 6.07) is 0. The molecule has 0 amide bonds. The van der Waals surface area contributed by atoms with E-state index < -0.39 is 97.5 Å². The lowest BCUT2D eigenvalue weighted by atomic mass is 10.00. The molecular weight excluding hydrogens is 1320 g/mol. The van der Waals surface area contributed by atoms with E-state index in [0.717, 1.165) is 120 Å². The maximum atomic E-state index is 13.1. The van der Waals surface area contributed by atoms with E-state index in [-0.39, 0.29) is 25.7 Å². The second-order valence-electron chi connectivity index (χ2n) is 31.2. The Bertz CT molecular complexity index is 1970. The number of unbranched alkanes of at least 4 members (excludes halogenated alkanes) is 44. The van der Waals surface area contributed by atoms with Crippen molar-refractivity contribution in [3.8, 4) is 0 Å². The average molecular weight is 1480 g/mol. The van der Waals surface area contributed by atoms with Crippen LogP contribution >= 0.6 is 15.6 Å². The first-order valence-electron chi connectivity index (χ1n) is 42.2. The maximum absolute atomic E-state index is 13.1.